The molecule has 2 aliphatic rings. The van der Waals surface area contributed by atoms with E-state index in [0.717, 1.165) is 64.4 Å². The van der Waals surface area contributed by atoms with Crippen LogP contribution in [0.2, 0.25) is 0 Å². The molecule has 0 bridgehead atoms. The molecule has 2 aliphatic heterocycles. The number of aromatic nitrogens is 6. The Hall–Kier alpha value is -3.72. The summed E-state index contributed by atoms with van der Waals surface area (Å²) in [6.45, 7) is 9.86. The average Bonchev–Trinajstić information content (AvgIpc) is 3.54. The zero-order valence-corrected chi connectivity index (χ0v) is 20.4. The number of rotatable bonds is 4. The molecule has 4 aromatic rings. The van der Waals surface area contributed by atoms with Gasteiger partial charge in [0.05, 0.1) is 5.56 Å². The van der Waals surface area contributed by atoms with Crippen LogP contribution in [0.3, 0.4) is 0 Å². The molecule has 1 aromatic carbocycles. The van der Waals surface area contributed by atoms with Gasteiger partial charge in [0.2, 0.25) is 5.91 Å². The lowest BCUT2D eigenvalue weighted by molar-refractivity contribution is -0.127. The Kier molecular flexibility index (Phi) is 4.93. The summed E-state index contributed by atoms with van der Waals surface area (Å²) >= 11 is 0. The second kappa shape index (κ2) is 7.91. The van der Waals surface area contributed by atoms with Crippen molar-refractivity contribution in [2.24, 2.45) is 0 Å². The Bertz CT molecular complexity index is 1460. The van der Waals surface area contributed by atoms with E-state index >= 15 is 0 Å². The number of amides is 1. The number of carbonyl (C=O) groups excluding carboxylic acids is 1. The number of anilines is 1. The van der Waals surface area contributed by atoms with Gasteiger partial charge in [-0.3, -0.25) is 9.69 Å². The van der Waals surface area contributed by atoms with Gasteiger partial charge >= 0.3 is 0 Å². The van der Waals surface area contributed by atoms with E-state index in [1.54, 1.807) is 18.7 Å². The molecule has 9 heteroatoms. The maximum absolute atomic E-state index is 13.3. The quantitative estimate of drug-likeness (QED) is 0.484. The first kappa shape index (κ1) is 21.8. The zero-order valence-electron chi connectivity index (χ0n) is 20.4. The summed E-state index contributed by atoms with van der Waals surface area (Å²) in [6, 6.07) is 6.39. The second-order valence-corrected chi connectivity index (χ2v) is 9.56. The van der Waals surface area contributed by atoms with Crippen LogP contribution in [0.25, 0.3) is 33.8 Å². The summed E-state index contributed by atoms with van der Waals surface area (Å²) in [7, 11) is 0. The molecule has 1 spiro atoms. The number of benzene rings is 1. The molecule has 5 heterocycles. The van der Waals surface area contributed by atoms with Gasteiger partial charge in [0.15, 0.2) is 5.65 Å². The van der Waals surface area contributed by atoms with Crippen molar-refractivity contribution in [3.05, 3.63) is 48.3 Å². The summed E-state index contributed by atoms with van der Waals surface area (Å²) < 4.78 is 2.06. The summed E-state index contributed by atoms with van der Waals surface area (Å²) in [5.74, 6) is 1.55. The maximum atomic E-state index is 13.3. The average molecular weight is 469 g/mol. The van der Waals surface area contributed by atoms with Gasteiger partial charge in [-0.2, -0.15) is 0 Å². The van der Waals surface area contributed by atoms with Crippen molar-refractivity contribution in [2.75, 3.05) is 11.9 Å². The van der Waals surface area contributed by atoms with Crippen LogP contribution >= 0.6 is 0 Å². The van der Waals surface area contributed by atoms with Gasteiger partial charge in [-0.15, -0.1) is 0 Å². The van der Waals surface area contributed by atoms with E-state index < -0.39 is 5.54 Å². The predicted molar refractivity (Wildman–Crippen MR) is 134 cm³/mol. The van der Waals surface area contributed by atoms with E-state index in [-0.39, 0.29) is 11.9 Å². The highest BCUT2D eigenvalue weighted by Gasteiger charge is 2.54. The Morgan fingerprint density at radius 3 is 2.66 bits per heavy atom. The van der Waals surface area contributed by atoms with Gasteiger partial charge < -0.3 is 9.88 Å². The third kappa shape index (κ3) is 3.11. The van der Waals surface area contributed by atoms with Crippen molar-refractivity contribution in [2.45, 2.75) is 58.7 Å². The van der Waals surface area contributed by atoms with Crippen LogP contribution in [0.15, 0.2) is 36.9 Å². The van der Waals surface area contributed by atoms with Crippen LogP contribution in [0.5, 0.6) is 0 Å². The first-order valence-corrected chi connectivity index (χ1v) is 12.2. The van der Waals surface area contributed by atoms with Gasteiger partial charge in [-0.05, 0) is 59.2 Å². The smallest absolute Gasteiger partial charge is 0.249 e. The van der Waals surface area contributed by atoms with Crippen LogP contribution in [-0.4, -0.2) is 52.9 Å². The second-order valence-electron chi connectivity index (χ2n) is 9.56. The molecule has 6 rings (SSSR count). The van der Waals surface area contributed by atoms with E-state index in [9.17, 15) is 4.79 Å². The van der Waals surface area contributed by atoms with Gasteiger partial charge in [0, 0.05) is 41.8 Å². The molecule has 1 saturated heterocycles. The molecule has 178 valence electrons. The molecule has 1 N–H and O–H groups in total. The minimum atomic E-state index is -0.626. The molecule has 9 nitrogen and oxygen atoms in total. The fraction of sp³-hybridized carbons (Fsp3) is 0.385. The molecule has 0 unspecified atom stereocenters. The van der Waals surface area contributed by atoms with Crippen molar-refractivity contribution in [1.29, 1.82) is 0 Å². The minimum Gasteiger partial charge on any atom is -0.324 e. The van der Waals surface area contributed by atoms with E-state index in [1.165, 1.54) is 0 Å². The monoisotopic (exact) mass is 468 g/mol. The van der Waals surface area contributed by atoms with Crippen molar-refractivity contribution in [3.63, 3.8) is 0 Å². The molecule has 0 aliphatic carbocycles. The molecule has 1 amide bonds. The highest BCUT2D eigenvalue weighted by molar-refractivity contribution is 6.07. The highest BCUT2D eigenvalue weighted by atomic mass is 16.2. The molecule has 1 atom stereocenters. The molecular weight excluding hydrogens is 440 g/mol. The molecular formula is C26H28N8O. The number of hydrogen-bond donors (Lipinski definition) is 1. The number of aryl methyl sites for hydroxylation is 2. The van der Waals surface area contributed by atoms with Gasteiger partial charge in [0.25, 0.3) is 0 Å². The number of hydrogen-bond acceptors (Lipinski definition) is 7. The number of nitrogens with zero attached hydrogens (tertiary/aromatic N) is 7. The summed E-state index contributed by atoms with van der Waals surface area (Å²) in [5, 5.41) is 3.13. The molecule has 0 saturated carbocycles. The number of fused-ring (bicyclic) bond motifs is 3. The van der Waals surface area contributed by atoms with Crippen LogP contribution < -0.4 is 5.32 Å². The van der Waals surface area contributed by atoms with Crippen molar-refractivity contribution in [1.82, 2.24) is 34.4 Å². The van der Waals surface area contributed by atoms with Gasteiger partial charge in [0.1, 0.15) is 34.7 Å². The van der Waals surface area contributed by atoms with Crippen LogP contribution in [0, 0.1) is 6.92 Å². The minimum absolute atomic E-state index is 0.0700. The first-order chi connectivity index (χ1) is 16.9. The highest BCUT2D eigenvalue weighted by Crippen LogP contribution is 2.49. The SMILES string of the molecule is CCn1c(-c2cnc(C)nc2)nc2c(-c3ccc4c(c3)[C@@]3(CCCN3C(C)C)C(=O)N4)ncnc21. The van der Waals surface area contributed by atoms with Gasteiger partial charge in [-0.25, -0.2) is 24.9 Å². The molecule has 0 radical (unpaired) electrons. The van der Waals surface area contributed by atoms with Gasteiger partial charge in [-0.1, -0.05) is 6.07 Å². The predicted octanol–water partition coefficient (Wildman–Crippen LogP) is 3.93. The normalized spacial score (nSPS) is 19.7. The lowest BCUT2D eigenvalue weighted by atomic mass is 9.86. The summed E-state index contributed by atoms with van der Waals surface area (Å²) in [5.41, 5.74) is 5.29. The van der Waals surface area contributed by atoms with E-state index in [2.05, 4.69) is 61.6 Å². The summed E-state index contributed by atoms with van der Waals surface area (Å²) in [4.78, 5) is 38.5. The maximum Gasteiger partial charge on any atom is 0.249 e. The van der Waals surface area contributed by atoms with E-state index in [1.807, 2.05) is 19.1 Å². The first-order valence-electron chi connectivity index (χ1n) is 12.2. The number of likely N-dealkylation sites (tertiary alicyclic amines) is 1. The third-order valence-electron chi connectivity index (χ3n) is 7.30. The fourth-order valence-electron chi connectivity index (χ4n) is 5.74. The standard InChI is InChI=1S/C26H28N8O/c1-5-33-23(18-12-27-16(4)28-13-18)32-22-21(29-14-30-24(22)33)17-7-8-20-19(11-17)26(25(35)31-20)9-6-10-34(26)15(2)3/h7-8,11-15H,5-6,9-10H2,1-4H3,(H,31,35)/t26-/m0/s1. The molecule has 1 fully saturated rings. The number of carbonyl (C=O) groups is 1. The largest absolute Gasteiger partial charge is 0.324 e. The lowest BCUT2D eigenvalue weighted by Crippen LogP contribution is -2.49. The number of imidazole rings is 1. The van der Waals surface area contributed by atoms with Crippen LogP contribution in [0.1, 0.15) is 45.0 Å². The van der Waals surface area contributed by atoms with Crippen molar-refractivity contribution >= 4 is 22.8 Å². The van der Waals surface area contributed by atoms with Crippen molar-refractivity contribution in [3.8, 4) is 22.6 Å². The molecule has 35 heavy (non-hydrogen) atoms. The Labute approximate surface area is 203 Å². The van der Waals surface area contributed by atoms with Crippen molar-refractivity contribution < 1.29 is 4.79 Å². The van der Waals surface area contributed by atoms with Crippen LogP contribution in [0.4, 0.5) is 5.69 Å². The number of nitrogens with one attached hydrogen (secondary N) is 1. The topological polar surface area (TPSA) is 102 Å². The fourth-order valence-corrected chi connectivity index (χ4v) is 5.74. The van der Waals surface area contributed by atoms with E-state index in [0.29, 0.717) is 12.4 Å². The Morgan fingerprint density at radius 2 is 1.91 bits per heavy atom. The Balaban J connectivity index is 1.53. The lowest BCUT2D eigenvalue weighted by Gasteiger charge is -2.36. The van der Waals surface area contributed by atoms with Crippen LogP contribution in [-0.2, 0) is 16.9 Å². The molecule has 3 aromatic heterocycles. The third-order valence-corrected chi connectivity index (χ3v) is 7.30. The van der Waals surface area contributed by atoms with E-state index in [4.69, 9.17) is 4.98 Å². The summed E-state index contributed by atoms with van der Waals surface area (Å²) in [6.07, 6.45) is 6.98. The Morgan fingerprint density at radius 1 is 1.11 bits per heavy atom. The zero-order chi connectivity index (χ0) is 24.3.